The first-order valence-electron chi connectivity index (χ1n) is 4.94. The van der Waals surface area contributed by atoms with Crippen molar-refractivity contribution in [3.8, 4) is 5.75 Å². The van der Waals surface area contributed by atoms with Gasteiger partial charge >= 0.3 is 13.8 Å². The van der Waals surface area contributed by atoms with Gasteiger partial charge in [-0.25, -0.2) is 9.36 Å². The minimum atomic E-state index is -4.56. The summed E-state index contributed by atoms with van der Waals surface area (Å²) in [5.74, 6) is -0.486. The van der Waals surface area contributed by atoms with Gasteiger partial charge in [0.25, 0.3) is 0 Å². The molecular weight excluding hydrogens is 247 g/mol. The second-order valence-corrected chi connectivity index (χ2v) is 4.41. The van der Waals surface area contributed by atoms with E-state index in [1.807, 2.05) is 6.92 Å². The fraction of sp³-hybridized carbons (Fsp3) is 0.300. The van der Waals surface area contributed by atoms with Gasteiger partial charge in [0.15, 0.2) is 0 Å². The number of phosphoric acid groups is 1. The van der Waals surface area contributed by atoms with Gasteiger partial charge in [-0.3, -0.25) is 9.79 Å². The van der Waals surface area contributed by atoms with Crippen LogP contribution in [0.15, 0.2) is 24.3 Å². The number of carbonyl (C=O) groups excluding carboxylic acids is 1. The van der Waals surface area contributed by atoms with Gasteiger partial charge in [0.05, 0.1) is 12.2 Å². The van der Waals surface area contributed by atoms with Crippen molar-refractivity contribution in [1.29, 1.82) is 0 Å². The van der Waals surface area contributed by atoms with E-state index in [9.17, 15) is 9.36 Å². The lowest BCUT2D eigenvalue weighted by Gasteiger charge is -2.07. The third kappa shape index (κ3) is 4.99. The van der Waals surface area contributed by atoms with Crippen molar-refractivity contribution >= 4 is 13.8 Å². The summed E-state index contributed by atoms with van der Waals surface area (Å²) in [4.78, 5) is 28.5. The maximum atomic E-state index is 11.4. The van der Waals surface area contributed by atoms with Gasteiger partial charge < -0.3 is 9.26 Å². The lowest BCUT2D eigenvalue weighted by molar-refractivity contribution is 0.0505. The summed E-state index contributed by atoms with van der Waals surface area (Å²) in [7, 11) is -4.56. The molecule has 7 heteroatoms. The molecule has 94 valence electrons. The van der Waals surface area contributed by atoms with E-state index < -0.39 is 13.8 Å². The molecule has 0 saturated heterocycles. The molecule has 0 fully saturated rings. The van der Waals surface area contributed by atoms with Crippen LogP contribution in [0.4, 0.5) is 0 Å². The molecule has 0 heterocycles. The molecule has 0 radical (unpaired) electrons. The number of benzene rings is 1. The van der Waals surface area contributed by atoms with E-state index in [2.05, 4.69) is 4.52 Å². The van der Waals surface area contributed by atoms with Crippen molar-refractivity contribution in [2.45, 2.75) is 13.3 Å². The van der Waals surface area contributed by atoms with Gasteiger partial charge in [0.2, 0.25) is 0 Å². The van der Waals surface area contributed by atoms with Crippen molar-refractivity contribution in [2.24, 2.45) is 0 Å². The third-order valence-corrected chi connectivity index (χ3v) is 2.20. The molecule has 0 bridgehead atoms. The number of carbonyl (C=O) groups is 1. The minimum Gasteiger partial charge on any atom is -0.462 e. The minimum absolute atomic E-state index is 0.00891. The Hall–Kier alpha value is -1.36. The van der Waals surface area contributed by atoms with Gasteiger partial charge in [-0.2, -0.15) is 0 Å². The average molecular weight is 260 g/mol. The Bertz CT molecular complexity index is 421. The number of esters is 1. The smallest absolute Gasteiger partial charge is 0.462 e. The zero-order chi connectivity index (χ0) is 12.9. The highest BCUT2D eigenvalue weighted by atomic mass is 31.2. The van der Waals surface area contributed by atoms with E-state index >= 15 is 0 Å². The van der Waals surface area contributed by atoms with Crippen LogP contribution in [-0.4, -0.2) is 22.4 Å². The van der Waals surface area contributed by atoms with Gasteiger partial charge in [0.1, 0.15) is 5.75 Å². The summed E-state index contributed by atoms with van der Waals surface area (Å²) in [5.41, 5.74) is 0.302. The van der Waals surface area contributed by atoms with Crippen LogP contribution in [0.3, 0.4) is 0 Å². The summed E-state index contributed by atoms with van der Waals surface area (Å²) < 4.78 is 19.8. The first-order valence-corrected chi connectivity index (χ1v) is 6.47. The molecular formula is C10H13O6P. The fourth-order valence-electron chi connectivity index (χ4n) is 1.07. The standard InChI is InChI=1S/C10H13O6P/c1-2-7-15-10(11)8-3-5-9(6-4-8)16-17(12,13)14/h3-6H,2,7H2,1H3,(H2,12,13,14). The summed E-state index contributed by atoms with van der Waals surface area (Å²) in [6.07, 6.45) is 0.727. The van der Waals surface area contributed by atoms with Crippen LogP contribution in [0.5, 0.6) is 5.75 Å². The third-order valence-electron chi connectivity index (χ3n) is 1.75. The largest absolute Gasteiger partial charge is 0.524 e. The normalized spacial score (nSPS) is 11.0. The molecule has 1 aromatic carbocycles. The molecule has 0 spiro atoms. The Kier molecular flexibility index (Phi) is 4.69. The summed E-state index contributed by atoms with van der Waals surface area (Å²) in [6, 6.07) is 5.34. The van der Waals surface area contributed by atoms with E-state index in [0.717, 1.165) is 6.42 Å². The van der Waals surface area contributed by atoms with Crippen LogP contribution < -0.4 is 4.52 Å². The van der Waals surface area contributed by atoms with Crippen LogP contribution in [0, 0.1) is 0 Å². The highest BCUT2D eigenvalue weighted by molar-refractivity contribution is 7.46. The molecule has 0 atom stereocenters. The van der Waals surface area contributed by atoms with Crippen LogP contribution in [0.1, 0.15) is 23.7 Å². The zero-order valence-corrected chi connectivity index (χ0v) is 10.1. The molecule has 0 aliphatic carbocycles. The van der Waals surface area contributed by atoms with Gasteiger partial charge in [0, 0.05) is 0 Å². The lowest BCUT2D eigenvalue weighted by Crippen LogP contribution is -2.05. The first-order chi connectivity index (χ1) is 7.92. The zero-order valence-electron chi connectivity index (χ0n) is 9.20. The predicted molar refractivity (Wildman–Crippen MR) is 59.7 cm³/mol. The number of rotatable bonds is 5. The van der Waals surface area contributed by atoms with E-state index in [1.165, 1.54) is 24.3 Å². The number of phosphoric ester groups is 1. The molecule has 0 amide bonds. The number of hydrogen-bond acceptors (Lipinski definition) is 4. The highest BCUT2D eigenvalue weighted by Gasteiger charge is 2.16. The SMILES string of the molecule is CCCOC(=O)c1ccc(OP(=O)(O)O)cc1. The van der Waals surface area contributed by atoms with Crippen LogP contribution in [0.25, 0.3) is 0 Å². The molecule has 0 saturated carbocycles. The molecule has 17 heavy (non-hydrogen) atoms. The fourth-order valence-corrected chi connectivity index (χ4v) is 1.46. The van der Waals surface area contributed by atoms with Crippen LogP contribution >= 0.6 is 7.82 Å². The second-order valence-electron chi connectivity index (χ2n) is 3.24. The topological polar surface area (TPSA) is 93.1 Å². The van der Waals surface area contributed by atoms with E-state index in [1.54, 1.807) is 0 Å². The Labute approximate surface area is 98.4 Å². The molecule has 1 aromatic rings. The van der Waals surface area contributed by atoms with Crippen molar-refractivity contribution in [2.75, 3.05) is 6.61 Å². The van der Waals surface area contributed by atoms with Gasteiger partial charge in [-0.1, -0.05) is 6.92 Å². The summed E-state index contributed by atoms with van der Waals surface area (Å²) in [6.45, 7) is 2.21. The van der Waals surface area contributed by atoms with Crippen molar-refractivity contribution in [3.05, 3.63) is 29.8 Å². The maximum absolute atomic E-state index is 11.4. The van der Waals surface area contributed by atoms with Crippen LogP contribution in [0.2, 0.25) is 0 Å². The molecule has 0 aliphatic heterocycles. The maximum Gasteiger partial charge on any atom is 0.524 e. The van der Waals surface area contributed by atoms with Gasteiger partial charge in [-0.05, 0) is 30.7 Å². The van der Waals surface area contributed by atoms with Crippen LogP contribution in [-0.2, 0) is 9.30 Å². The quantitative estimate of drug-likeness (QED) is 0.618. The molecule has 0 unspecified atom stereocenters. The molecule has 2 N–H and O–H groups in total. The van der Waals surface area contributed by atoms with Gasteiger partial charge in [-0.15, -0.1) is 0 Å². The Morgan fingerprint density at radius 3 is 2.35 bits per heavy atom. The summed E-state index contributed by atoms with van der Waals surface area (Å²) in [5, 5.41) is 0. The Morgan fingerprint density at radius 1 is 1.29 bits per heavy atom. The second kappa shape index (κ2) is 5.82. The number of ether oxygens (including phenoxy) is 1. The lowest BCUT2D eigenvalue weighted by atomic mass is 10.2. The van der Waals surface area contributed by atoms with E-state index in [4.69, 9.17) is 14.5 Å². The van der Waals surface area contributed by atoms with E-state index in [0.29, 0.717) is 12.2 Å². The number of hydrogen-bond donors (Lipinski definition) is 2. The summed E-state index contributed by atoms with van der Waals surface area (Å²) >= 11 is 0. The van der Waals surface area contributed by atoms with Crippen molar-refractivity contribution in [3.63, 3.8) is 0 Å². The molecule has 1 rings (SSSR count). The van der Waals surface area contributed by atoms with E-state index in [-0.39, 0.29) is 5.75 Å². The molecule has 6 nitrogen and oxygen atoms in total. The van der Waals surface area contributed by atoms with Crippen molar-refractivity contribution < 1.29 is 28.4 Å². The monoisotopic (exact) mass is 260 g/mol. The Balaban J connectivity index is 2.68. The average Bonchev–Trinajstić information content (AvgIpc) is 2.24. The Morgan fingerprint density at radius 2 is 1.88 bits per heavy atom. The highest BCUT2D eigenvalue weighted by Crippen LogP contribution is 2.37. The first kappa shape index (κ1) is 13.7. The molecule has 0 aliphatic rings. The molecule has 0 aromatic heterocycles. The predicted octanol–water partition coefficient (Wildman–Crippen LogP) is 1.72. The van der Waals surface area contributed by atoms with Crippen molar-refractivity contribution in [1.82, 2.24) is 0 Å².